The Morgan fingerprint density at radius 2 is 1.96 bits per heavy atom. The SMILES string of the molecule is CCOC(=O)c1cnc2c(-c3cc(F)cc(F)c3F)cccc2c1N. The van der Waals surface area contributed by atoms with Crippen LogP contribution in [0.3, 0.4) is 0 Å². The van der Waals surface area contributed by atoms with Gasteiger partial charge in [0.05, 0.1) is 17.8 Å². The van der Waals surface area contributed by atoms with Crippen molar-refractivity contribution in [3.05, 3.63) is 59.5 Å². The predicted molar refractivity (Wildman–Crippen MR) is 87.4 cm³/mol. The number of nitrogens with two attached hydrogens (primary N) is 1. The zero-order valence-corrected chi connectivity index (χ0v) is 13.1. The molecule has 3 rings (SSSR count). The van der Waals surface area contributed by atoms with Crippen LogP contribution in [0, 0.1) is 17.5 Å². The van der Waals surface area contributed by atoms with Gasteiger partial charge in [-0.25, -0.2) is 18.0 Å². The molecule has 0 saturated heterocycles. The number of hydrogen-bond donors (Lipinski definition) is 1. The number of halogens is 3. The van der Waals surface area contributed by atoms with Crippen LogP contribution in [0.1, 0.15) is 17.3 Å². The van der Waals surface area contributed by atoms with Gasteiger partial charge in [-0.2, -0.15) is 0 Å². The molecule has 0 unspecified atom stereocenters. The fourth-order valence-corrected chi connectivity index (χ4v) is 2.58. The summed E-state index contributed by atoms with van der Waals surface area (Å²) in [7, 11) is 0. The molecule has 0 amide bonds. The number of aromatic nitrogens is 1. The zero-order chi connectivity index (χ0) is 18.1. The van der Waals surface area contributed by atoms with Crippen molar-refractivity contribution in [2.75, 3.05) is 12.3 Å². The Kier molecular flexibility index (Phi) is 4.31. The summed E-state index contributed by atoms with van der Waals surface area (Å²) in [6.45, 7) is 1.83. The Morgan fingerprint density at radius 1 is 1.20 bits per heavy atom. The normalized spacial score (nSPS) is 10.9. The van der Waals surface area contributed by atoms with E-state index < -0.39 is 23.4 Å². The van der Waals surface area contributed by atoms with E-state index in [1.165, 1.54) is 18.3 Å². The second-order valence-electron chi connectivity index (χ2n) is 5.26. The molecular weight excluding hydrogens is 333 g/mol. The molecule has 0 saturated carbocycles. The maximum atomic E-state index is 14.1. The molecule has 0 bridgehead atoms. The van der Waals surface area contributed by atoms with Gasteiger partial charge in [-0.15, -0.1) is 0 Å². The smallest absolute Gasteiger partial charge is 0.341 e. The molecule has 0 aliphatic rings. The molecule has 2 N–H and O–H groups in total. The summed E-state index contributed by atoms with van der Waals surface area (Å²) in [6.07, 6.45) is 1.20. The Labute approximate surface area is 141 Å². The van der Waals surface area contributed by atoms with E-state index in [1.54, 1.807) is 13.0 Å². The van der Waals surface area contributed by atoms with Crippen LogP contribution in [0.2, 0.25) is 0 Å². The highest BCUT2D eigenvalue weighted by Crippen LogP contribution is 2.34. The lowest BCUT2D eigenvalue weighted by Gasteiger charge is -2.12. The minimum Gasteiger partial charge on any atom is -0.462 e. The van der Waals surface area contributed by atoms with Gasteiger partial charge in [0.25, 0.3) is 0 Å². The molecule has 0 aliphatic carbocycles. The molecular formula is C18H13F3N2O2. The van der Waals surface area contributed by atoms with Gasteiger partial charge in [0.2, 0.25) is 0 Å². The van der Waals surface area contributed by atoms with Gasteiger partial charge >= 0.3 is 5.97 Å². The highest BCUT2D eigenvalue weighted by Gasteiger charge is 2.19. The van der Waals surface area contributed by atoms with E-state index in [0.717, 1.165) is 6.07 Å². The Balaban J connectivity index is 2.26. The number of benzene rings is 2. The lowest BCUT2D eigenvalue weighted by atomic mass is 9.99. The molecule has 0 spiro atoms. The molecule has 1 aromatic heterocycles. The van der Waals surface area contributed by atoms with E-state index in [9.17, 15) is 18.0 Å². The Hall–Kier alpha value is -3.09. The Bertz CT molecular complexity index is 990. The second kappa shape index (κ2) is 6.43. The van der Waals surface area contributed by atoms with E-state index in [0.29, 0.717) is 11.5 Å². The molecule has 0 atom stereocenters. The van der Waals surface area contributed by atoms with Gasteiger partial charge in [-0.3, -0.25) is 4.98 Å². The lowest BCUT2D eigenvalue weighted by Crippen LogP contribution is -2.09. The second-order valence-corrected chi connectivity index (χ2v) is 5.26. The summed E-state index contributed by atoms with van der Waals surface area (Å²) >= 11 is 0. The number of para-hydroxylation sites is 1. The Morgan fingerprint density at radius 3 is 2.68 bits per heavy atom. The molecule has 1 heterocycles. The minimum atomic E-state index is -1.30. The molecule has 128 valence electrons. The molecule has 2 aromatic carbocycles. The summed E-state index contributed by atoms with van der Waals surface area (Å²) in [5.74, 6) is -4.04. The van der Waals surface area contributed by atoms with Gasteiger partial charge < -0.3 is 10.5 Å². The van der Waals surface area contributed by atoms with Crippen LogP contribution >= 0.6 is 0 Å². The summed E-state index contributed by atoms with van der Waals surface area (Å²) in [6, 6.07) is 5.93. The highest BCUT2D eigenvalue weighted by molar-refractivity contribution is 6.07. The average Bonchev–Trinajstić information content (AvgIpc) is 2.58. The number of rotatable bonds is 3. The number of fused-ring (bicyclic) bond motifs is 1. The number of hydrogen-bond acceptors (Lipinski definition) is 4. The van der Waals surface area contributed by atoms with Crippen molar-refractivity contribution in [2.45, 2.75) is 6.92 Å². The highest BCUT2D eigenvalue weighted by atomic mass is 19.2. The summed E-state index contributed by atoms with van der Waals surface area (Å²) in [5.41, 5.74) is 6.28. The van der Waals surface area contributed by atoms with Gasteiger partial charge in [-0.1, -0.05) is 18.2 Å². The zero-order valence-electron chi connectivity index (χ0n) is 13.1. The molecule has 3 aromatic rings. The van der Waals surface area contributed by atoms with Crippen LogP contribution in [0.15, 0.2) is 36.5 Å². The quantitative estimate of drug-likeness (QED) is 0.573. The van der Waals surface area contributed by atoms with E-state index in [2.05, 4.69) is 4.98 Å². The van der Waals surface area contributed by atoms with E-state index in [4.69, 9.17) is 10.5 Å². The van der Waals surface area contributed by atoms with E-state index in [-0.39, 0.29) is 34.5 Å². The third-order valence-corrected chi connectivity index (χ3v) is 3.72. The number of pyridine rings is 1. The summed E-state index contributed by atoms with van der Waals surface area (Å²) < 4.78 is 46.1. The number of nitrogens with zero attached hydrogens (tertiary/aromatic N) is 1. The fraction of sp³-hybridized carbons (Fsp3) is 0.111. The van der Waals surface area contributed by atoms with Crippen LogP contribution in [-0.2, 0) is 4.74 Å². The summed E-state index contributed by atoms with van der Waals surface area (Å²) in [4.78, 5) is 16.0. The van der Waals surface area contributed by atoms with Crippen molar-refractivity contribution in [3.63, 3.8) is 0 Å². The number of esters is 1. The molecule has 0 fully saturated rings. The van der Waals surface area contributed by atoms with Gasteiger partial charge in [0.15, 0.2) is 11.6 Å². The predicted octanol–water partition coefficient (Wildman–Crippen LogP) is 4.08. The van der Waals surface area contributed by atoms with Gasteiger partial charge in [0.1, 0.15) is 11.4 Å². The minimum absolute atomic E-state index is 0.0670. The maximum absolute atomic E-state index is 14.1. The van der Waals surface area contributed by atoms with Crippen molar-refractivity contribution in [1.29, 1.82) is 0 Å². The monoisotopic (exact) mass is 346 g/mol. The topological polar surface area (TPSA) is 65.2 Å². The summed E-state index contributed by atoms with van der Waals surface area (Å²) in [5, 5.41) is 0.354. The van der Waals surface area contributed by atoms with Crippen molar-refractivity contribution in [1.82, 2.24) is 4.98 Å². The van der Waals surface area contributed by atoms with Gasteiger partial charge in [-0.05, 0) is 13.0 Å². The standard InChI is InChI=1S/C18H13F3N2O2/c1-2-25-18(24)13-8-23-17-10(4-3-5-11(17)16(13)22)12-6-9(19)7-14(20)15(12)21/h3-8H,2H2,1H3,(H2,22,23). The maximum Gasteiger partial charge on any atom is 0.341 e. The molecule has 0 aliphatic heterocycles. The van der Waals surface area contributed by atoms with Crippen LogP contribution in [0.4, 0.5) is 18.9 Å². The number of carbonyl (C=O) groups excluding carboxylic acids is 1. The fourth-order valence-electron chi connectivity index (χ4n) is 2.58. The first-order chi connectivity index (χ1) is 11.9. The largest absolute Gasteiger partial charge is 0.462 e. The molecule has 0 radical (unpaired) electrons. The molecule has 25 heavy (non-hydrogen) atoms. The van der Waals surface area contributed by atoms with Gasteiger partial charge in [0, 0.05) is 28.8 Å². The molecule has 7 heteroatoms. The molecule has 4 nitrogen and oxygen atoms in total. The third kappa shape index (κ3) is 2.88. The number of carbonyl (C=O) groups is 1. The first-order valence-electron chi connectivity index (χ1n) is 7.43. The van der Waals surface area contributed by atoms with Crippen molar-refractivity contribution in [2.24, 2.45) is 0 Å². The van der Waals surface area contributed by atoms with E-state index >= 15 is 0 Å². The van der Waals surface area contributed by atoms with Crippen LogP contribution in [-0.4, -0.2) is 17.6 Å². The van der Waals surface area contributed by atoms with Crippen molar-refractivity contribution in [3.8, 4) is 11.1 Å². The number of nitrogen functional groups attached to an aromatic ring is 1. The van der Waals surface area contributed by atoms with Crippen LogP contribution in [0.25, 0.3) is 22.0 Å². The van der Waals surface area contributed by atoms with Crippen molar-refractivity contribution >= 4 is 22.6 Å². The third-order valence-electron chi connectivity index (χ3n) is 3.72. The first-order valence-corrected chi connectivity index (χ1v) is 7.43. The van der Waals surface area contributed by atoms with Crippen LogP contribution in [0.5, 0.6) is 0 Å². The van der Waals surface area contributed by atoms with E-state index in [1.807, 2.05) is 0 Å². The lowest BCUT2D eigenvalue weighted by molar-refractivity contribution is 0.0527. The first kappa shape index (κ1) is 16.8. The van der Waals surface area contributed by atoms with Crippen molar-refractivity contribution < 1.29 is 22.7 Å². The number of anilines is 1. The van der Waals surface area contributed by atoms with Crippen LogP contribution < -0.4 is 5.73 Å². The number of ether oxygens (including phenoxy) is 1. The average molecular weight is 346 g/mol.